The molecule has 0 unspecified atom stereocenters. The molecule has 0 saturated carbocycles. The summed E-state index contributed by atoms with van der Waals surface area (Å²) in [5.41, 5.74) is 0. The normalized spacial score (nSPS) is 10.6. The molecule has 18 heavy (non-hydrogen) atoms. The number of hydrogen-bond acceptors (Lipinski definition) is 3. The van der Waals surface area contributed by atoms with E-state index < -0.39 is 0 Å². The van der Waals surface area contributed by atoms with E-state index in [0.29, 0.717) is 6.61 Å². The first kappa shape index (κ1) is 13.9. The van der Waals surface area contributed by atoms with E-state index in [4.69, 9.17) is 16.3 Å². The summed E-state index contributed by atoms with van der Waals surface area (Å²) in [7, 11) is 0. The molecule has 1 aromatic heterocycles. The maximum absolute atomic E-state index is 5.86. The highest BCUT2D eigenvalue weighted by atomic mass is 79.9. The van der Waals surface area contributed by atoms with Gasteiger partial charge in [-0.15, -0.1) is 11.3 Å². The van der Waals surface area contributed by atoms with Crippen molar-refractivity contribution in [2.45, 2.75) is 6.54 Å². The molecule has 1 N–H and O–H groups in total. The average molecular weight is 347 g/mol. The molecule has 0 saturated heterocycles. The van der Waals surface area contributed by atoms with E-state index >= 15 is 0 Å². The molecule has 2 nitrogen and oxygen atoms in total. The van der Waals surface area contributed by atoms with Gasteiger partial charge in [0.2, 0.25) is 0 Å². The van der Waals surface area contributed by atoms with E-state index in [2.05, 4.69) is 21.2 Å². The molecular formula is C13H13BrClNOS. The Bertz CT molecular complexity index is 486. The molecule has 2 aromatic rings. The van der Waals surface area contributed by atoms with Gasteiger partial charge in [-0.05, 0) is 36.4 Å². The van der Waals surface area contributed by atoms with Gasteiger partial charge in [-0.3, -0.25) is 0 Å². The number of ether oxygens (including phenoxy) is 1. The fraction of sp³-hybridized carbons (Fsp3) is 0.231. The second-order valence-electron chi connectivity index (χ2n) is 3.68. The van der Waals surface area contributed by atoms with Crippen molar-refractivity contribution < 1.29 is 4.74 Å². The summed E-state index contributed by atoms with van der Waals surface area (Å²) in [6, 6.07) is 11.8. The third-order valence-corrected chi connectivity index (χ3v) is 4.05. The minimum atomic E-state index is 0.654. The van der Waals surface area contributed by atoms with Crippen molar-refractivity contribution in [2.24, 2.45) is 0 Å². The van der Waals surface area contributed by atoms with E-state index in [1.54, 1.807) is 11.3 Å². The van der Waals surface area contributed by atoms with Crippen molar-refractivity contribution in [3.05, 3.63) is 50.1 Å². The molecule has 5 heteroatoms. The highest BCUT2D eigenvalue weighted by Crippen LogP contribution is 2.21. The lowest BCUT2D eigenvalue weighted by Crippen LogP contribution is -2.20. The van der Waals surface area contributed by atoms with Crippen LogP contribution in [0, 0.1) is 0 Å². The average Bonchev–Trinajstić information content (AvgIpc) is 2.77. The van der Waals surface area contributed by atoms with Crippen molar-refractivity contribution in [1.29, 1.82) is 0 Å². The minimum Gasteiger partial charge on any atom is -0.492 e. The molecule has 0 fully saturated rings. The SMILES string of the molecule is Clc1ccc(CNCCOc2ccc(Br)cc2)s1. The van der Waals surface area contributed by atoms with E-state index in [1.807, 2.05) is 36.4 Å². The molecule has 0 amide bonds. The molecule has 0 bridgehead atoms. The van der Waals surface area contributed by atoms with E-state index in [0.717, 1.165) is 27.6 Å². The van der Waals surface area contributed by atoms with Crippen molar-refractivity contribution in [1.82, 2.24) is 5.32 Å². The zero-order chi connectivity index (χ0) is 12.8. The smallest absolute Gasteiger partial charge is 0.119 e. The van der Waals surface area contributed by atoms with Gasteiger partial charge in [0.1, 0.15) is 12.4 Å². The third-order valence-electron chi connectivity index (χ3n) is 2.29. The first-order chi connectivity index (χ1) is 8.74. The van der Waals surface area contributed by atoms with Gasteiger partial charge in [-0.25, -0.2) is 0 Å². The fourth-order valence-corrected chi connectivity index (χ4v) is 2.75. The molecule has 0 spiro atoms. The summed E-state index contributed by atoms with van der Waals surface area (Å²) in [4.78, 5) is 1.24. The zero-order valence-electron chi connectivity index (χ0n) is 9.66. The topological polar surface area (TPSA) is 21.3 Å². The van der Waals surface area contributed by atoms with Gasteiger partial charge in [0.15, 0.2) is 0 Å². The summed E-state index contributed by atoms with van der Waals surface area (Å²) in [6.07, 6.45) is 0. The Hall–Kier alpha value is -0.550. The molecule has 0 radical (unpaired) electrons. The lowest BCUT2D eigenvalue weighted by molar-refractivity contribution is 0.314. The number of thiophene rings is 1. The van der Waals surface area contributed by atoms with Crippen LogP contribution in [0.25, 0.3) is 0 Å². The predicted octanol–water partition coefficient (Wildman–Crippen LogP) is 4.33. The number of hydrogen-bond donors (Lipinski definition) is 1. The molecule has 96 valence electrons. The molecule has 1 aromatic carbocycles. The van der Waals surface area contributed by atoms with Gasteiger partial charge in [-0.2, -0.15) is 0 Å². The Kier molecular flexibility index (Phi) is 5.50. The number of benzene rings is 1. The fourth-order valence-electron chi connectivity index (χ4n) is 1.43. The second kappa shape index (κ2) is 7.14. The summed E-state index contributed by atoms with van der Waals surface area (Å²) in [6.45, 7) is 2.30. The van der Waals surface area contributed by atoms with Gasteiger partial charge in [0.25, 0.3) is 0 Å². The quantitative estimate of drug-likeness (QED) is 0.786. The van der Waals surface area contributed by atoms with Crippen molar-refractivity contribution in [3.8, 4) is 5.75 Å². The van der Waals surface area contributed by atoms with Crippen molar-refractivity contribution in [2.75, 3.05) is 13.2 Å². The summed E-state index contributed by atoms with van der Waals surface area (Å²) >= 11 is 10.8. The first-order valence-corrected chi connectivity index (χ1v) is 7.56. The number of halogens is 2. The largest absolute Gasteiger partial charge is 0.492 e. The van der Waals surface area contributed by atoms with Gasteiger partial charge >= 0.3 is 0 Å². The Morgan fingerprint density at radius 2 is 1.94 bits per heavy atom. The van der Waals surface area contributed by atoms with E-state index in [1.165, 1.54) is 4.88 Å². The van der Waals surface area contributed by atoms with Crippen LogP contribution in [0.4, 0.5) is 0 Å². The second-order valence-corrected chi connectivity index (χ2v) is 6.40. The maximum Gasteiger partial charge on any atom is 0.119 e. The Balaban J connectivity index is 1.63. The minimum absolute atomic E-state index is 0.654. The van der Waals surface area contributed by atoms with Crippen LogP contribution < -0.4 is 10.1 Å². The highest BCUT2D eigenvalue weighted by molar-refractivity contribution is 9.10. The van der Waals surface area contributed by atoms with Crippen LogP contribution >= 0.6 is 38.9 Å². The van der Waals surface area contributed by atoms with Crippen LogP contribution in [0.15, 0.2) is 40.9 Å². The summed E-state index contributed by atoms with van der Waals surface area (Å²) in [5, 5.41) is 3.31. The Labute approximate surface area is 124 Å². The first-order valence-electron chi connectivity index (χ1n) is 5.57. The highest BCUT2D eigenvalue weighted by Gasteiger charge is 1.97. The lowest BCUT2D eigenvalue weighted by atomic mass is 10.3. The van der Waals surface area contributed by atoms with Gasteiger partial charge in [-0.1, -0.05) is 27.5 Å². The van der Waals surface area contributed by atoms with Gasteiger partial charge in [0, 0.05) is 22.4 Å². The summed E-state index contributed by atoms with van der Waals surface area (Å²) in [5.74, 6) is 0.888. The molecule has 0 aliphatic heterocycles. The standard InChI is InChI=1S/C13H13BrClNOS/c14-10-1-3-11(4-2-10)17-8-7-16-9-12-5-6-13(15)18-12/h1-6,16H,7-9H2. The van der Waals surface area contributed by atoms with Crippen LogP contribution in [-0.4, -0.2) is 13.2 Å². The summed E-state index contributed by atoms with van der Waals surface area (Å²) < 4.78 is 7.49. The number of nitrogens with one attached hydrogen (secondary N) is 1. The molecule has 0 aliphatic rings. The van der Waals surface area contributed by atoms with Crippen molar-refractivity contribution >= 4 is 38.9 Å². The van der Waals surface area contributed by atoms with Crippen LogP contribution in [-0.2, 0) is 6.54 Å². The lowest BCUT2D eigenvalue weighted by Gasteiger charge is -2.06. The Morgan fingerprint density at radius 1 is 1.17 bits per heavy atom. The zero-order valence-corrected chi connectivity index (χ0v) is 12.8. The van der Waals surface area contributed by atoms with Crippen LogP contribution in [0.1, 0.15) is 4.88 Å². The molecule has 1 heterocycles. The Morgan fingerprint density at radius 3 is 2.61 bits per heavy atom. The predicted molar refractivity (Wildman–Crippen MR) is 80.7 cm³/mol. The van der Waals surface area contributed by atoms with Crippen LogP contribution in [0.5, 0.6) is 5.75 Å². The molecule has 0 aliphatic carbocycles. The van der Waals surface area contributed by atoms with Gasteiger partial charge < -0.3 is 10.1 Å². The van der Waals surface area contributed by atoms with Gasteiger partial charge in [0.05, 0.1) is 4.34 Å². The molecule has 2 rings (SSSR count). The van der Waals surface area contributed by atoms with Crippen molar-refractivity contribution in [3.63, 3.8) is 0 Å². The van der Waals surface area contributed by atoms with E-state index in [-0.39, 0.29) is 0 Å². The van der Waals surface area contributed by atoms with Crippen LogP contribution in [0.3, 0.4) is 0 Å². The molecule has 0 atom stereocenters. The van der Waals surface area contributed by atoms with Crippen LogP contribution in [0.2, 0.25) is 4.34 Å². The monoisotopic (exact) mass is 345 g/mol. The molecular weight excluding hydrogens is 334 g/mol. The third kappa shape index (κ3) is 4.61. The van der Waals surface area contributed by atoms with E-state index in [9.17, 15) is 0 Å². The maximum atomic E-state index is 5.86. The number of rotatable bonds is 6.